The Balaban J connectivity index is 1.74. The maximum atomic E-state index is 5.29. The molecule has 0 amide bonds. The molecule has 1 aromatic heterocycles. The average Bonchev–Trinajstić information content (AvgIpc) is 3.16. The van der Waals surface area contributed by atoms with Crippen LogP contribution in [0.4, 0.5) is 0 Å². The van der Waals surface area contributed by atoms with Gasteiger partial charge in [-0.25, -0.2) is 4.99 Å². The number of guanidine groups is 1. The van der Waals surface area contributed by atoms with Crippen molar-refractivity contribution in [2.75, 3.05) is 26.2 Å². The zero-order chi connectivity index (χ0) is 14.2. The van der Waals surface area contributed by atoms with Crippen LogP contribution in [0.3, 0.4) is 0 Å². The molecule has 0 atom stereocenters. The molecule has 2 rings (SSSR count). The Kier molecular flexibility index (Phi) is 5.92. The third-order valence-corrected chi connectivity index (χ3v) is 3.48. The Labute approximate surface area is 121 Å². The van der Waals surface area contributed by atoms with Gasteiger partial charge in [-0.1, -0.05) is 6.92 Å². The summed E-state index contributed by atoms with van der Waals surface area (Å²) in [4.78, 5) is 7.05. The predicted molar refractivity (Wildman–Crippen MR) is 81.8 cm³/mol. The fraction of sp³-hybridized carbons (Fsp3) is 0.667. The minimum atomic E-state index is 0.572. The summed E-state index contributed by atoms with van der Waals surface area (Å²) in [6.45, 7) is 8.88. The van der Waals surface area contributed by atoms with E-state index in [0.717, 1.165) is 43.9 Å². The molecular weight excluding hydrogens is 252 g/mol. The van der Waals surface area contributed by atoms with Gasteiger partial charge in [0.1, 0.15) is 12.3 Å². The zero-order valence-electron chi connectivity index (χ0n) is 12.6. The highest BCUT2D eigenvalue weighted by Gasteiger charge is 2.27. The van der Waals surface area contributed by atoms with Crippen molar-refractivity contribution < 1.29 is 4.42 Å². The summed E-state index contributed by atoms with van der Waals surface area (Å²) in [5.74, 6) is 1.74. The van der Waals surface area contributed by atoms with Gasteiger partial charge in [-0.3, -0.25) is 4.90 Å². The molecular formula is C15H26N4O. The molecule has 2 N–H and O–H groups in total. The lowest BCUT2D eigenvalue weighted by Crippen LogP contribution is -2.42. The van der Waals surface area contributed by atoms with Gasteiger partial charge in [0.25, 0.3) is 0 Å². The molecule has 1 fully saturated rings. The molecule has 1 aliphatic carbocycles. The lowest BCUT2D eigenvalue weighted by atomic mass is 10.4. The van der Waals surface area contributed by atoms with Gasteiger partial charge in [0, 0.05) is 25.7 Å². The van der Waals surface area contributed by atoms with Gasteiger partial charge < -0.3 is 15.1 Å². The number of rotatable bonds is 8. The van der Waals surface area contributed by atoms with Crippen LogP contribution in [0, 0.1) is 0 Å². The van der Waals surface area contributed by atoms with Gasteiger partial charge in [-0.05, 0) is 38.4 Å². The second-order valence-corrected chi connectivity index (χ2v) is 5.06. The van der Waals surface area contributed by atoms with Crippen molar-refractivity contribution in [2.24, 2.45) is 4.99 Å². The van der Waals surface area contributed by atoms with Crippen LogP contribution in [0.15, 0.2) is 27.8 Å². The van der Waals surface area contributed by atoms with Crippen molar-refractivity contribution in [1.82, 2.24) is 15.5 Å². The summed E-state index contributed by atoms with van der Waals surface area (Å²) < 4.78 is 5.29. The molecule has 0 unspecified atom stereocenters. The Morgan fingerprint density at radius 1 is 1.40 bits per heavy atom. The molecule has 0 aromatic carbocycles. The number of furan rings is 1. The van der Waals surface area contributed by atoms with Crippen LogP contribution in [-0.2, 0) is 6.54 Å². The van der Waals surface area contributed by atoms with E-state index < -0.39 is 0 Å². The van der Waals surface area contributed by atoms with Gasteiger partial charge in [0.05, 0.1) is 6.26 Å². The third-order valence-electron chi connectivity index (χ3n) is 3.48. The van der Waals surface area contributed by atoms with Crippen LogP contribution >= 0.6 is 0 Å². The fourth-order valence-electron chi connectivity index (χ4n) is 2.26. The molecule has 5 nitrogen and oxygen atoms in total. The van der Waals surface area contributed by atoms with E-state index in [4.69, 9.17) is 4.42 Å². The van der Waals surface area contributed by atoms with Crippen molar-refractivity contribution >= 4 is 5.96 Å². The fourth-order valence-corrected chi connectivity index (χ4v) is 2.26. The van der Waals surface area contributed by atoms with Crippen LogP contribution in [0.25, 0.3) is 0 Å². The monoisotopic (exact) mass is 278 g/mol. The molecule has 1 aromatic rings. The summed E-state index contributed by atoms with van der Waals surface area (Å²) in [5, 5.41) is 6.65. The van der Waals surface area contributed by atoms with E-state index in [2.05, 4.69) is 34.4 Å². The van der Waals surface area contributed by atoms with Gasteiger partial charge >= 0.3 is 0 Å². The minimum Gasteiger partial charge on any atom is -0.467 e. The van der Waals surface area contributed by atoms with Gasteiger partial charge in [-0.15, -0.1) is 0 Å². The quantitative estimate of drug-likeness (QED) is 0.562. The van der Waals surface area contributed by atoms with Crippen molar-refractivity contribution in [3.05, 3.63) is 24.2 Å². The molecule has 112 valence electrons. The van der Waals surface area contributed by atoms with E-state index in [1.165, 1.54) is 12.8 Å². The number of likely N-dealkylation sites (N-methyl/N-ethyl adjacent to an activating group) is 1. The van der Waals surface area contributed by atoms with Crippen LogP contribution in [0.5, 0.6) is 0 Å². The summed E-state index contributed by atoms with van der Waals surface area (Å²) in [5.41, 5.74) is 0. The van der Waals surface area contributed by atoms with E-state index in [0.29, 0.717) is 6.54 Å². The van der Waals surface area contributed by atoms with Gasteiger partial charge in [0.2, 0.25) is 0 Å². The molecule has 5 heteroatoms. The van der Waals surface area contributed by atoms with Crippen molar-refractivity contribution in [2.45, 2.75) is 39.3 Å². The first-order chi connectivity index (χ1) is 9.83. The summed E-state index contributed by atoms with van der Waals surface area (Å²) in [6, 6.07) is 4.66. The Morgan fingerprint density at radius 2 is 2.25 bits per heavy atom. The first kappa shape index (κ1) is 14.9. The number of hydrogen-bond donors (Lipinski definition) is 2. The van der Waals surface area contributed by atoms with Crippen LogP contribution in [0.1, 0.15) is 32.4 Å². The Bertz CT molecular complexity index is 398. The maximum Gasteiger partial charge on any atom is 0.191 e. The third kappa shape index (κ3) is 4.89. The standard InChI is InChI=1S/C15H26N4O/c1-3-16-15(18-12-14-6-5-11-20-14)17-9-10-19(4-2)13-7-8-13/h5-6,11,13H,3-4,7-10,12H2,1-2H3,(H2,16,17,18). The Morgan fingerprint density at radius 3 is 2.85 bits per heavy atom. The molecule has 0 spiro atoms. The normalized spacial score (nSPS) is 15.7. The smallest absolute Gasteiger partial charge is 0.191 e. The van der Waals surface area contributed by atoms with Crippen molar-refractivity contribution in [1.29, 1.82) is 0 Å². The predicted octanol–water partition coefficient (Wildman–Crippen LogP) is 1.82. The first-order valence-corrected chi connectivity index (χ1v) is 7.62. The molecule has 1 heterocycles. The van der Waals surface area contributed by atoms with E-state index in [1.807, 2.05) is 12.1 Å². The van der Waals surface area contributed by atoms with E-state index in [-0.39, 0.29) is 0 Å². The number of nitrogens with one attached hydrogen (secondary N) is 2. The Hall–Kier alpha value is -1.49. The molecule has 1 aliphatic rings. The molecule has 0 radical (unpaired) electrons. The summed E-state index contributed by atoms with van der Waals surface area (Å²) in [7, 11) is 0. The molecule has 0 saturated heterocycles. The lowest BCUT2D eigenvalue weighted by molar-refractivity contribution is 0.282. The number of hydrogen-bond acceptors (Lipinski definition) is 3. The average molecular weight is 278 g/mol. The highest BCUT2D eigenvalue weighted by atomic mass is 16.3. The summed E-state index contributed by atoms with van der Waals surface area (Å²) in [6.07, 6.45) is 4.40. The highest BCUT2D eigenvalue weighted by Crippen LogP contribution is 2.25. The number of aliphatic imine (C=N–C) groups is 1. The minimum absolute atomic E-state index is 0.572. The SMILES string of the molecule is CCNC(=NCc1ccco1)NCCN(CC)C1CC1. The molecule has 20 heavy (non-hydrogen) atoms. The topological polar surface area (TPSA) is 52.8 Å². The summed E-state index contributed by atoms with van der Waals surface area (Å²) >= 11 is 0. The zero-order valence-corrected chi connectivity index (χ0v) is 12.6. The van der Waals surface area contributed by atoms with Crippen LogP contribution in [-0.4, -0.2) is 43.1 Å². The maximum absolute atomic E-state index is 5.29. The van der Waals surface area contributed by atoms with Gasteiger partial charge in [0.15, 0.2) is 5.96 Å². The van der Waals surface area contributed by atoms with Gasteiger partial charge in [-0.2, -0.15) is 0 Å². The van der Waals surface area contributed by atoms with Crippen molar-refractivity contribution in [3.8, 4) is 0 Å². The molecule has 0 bridgehead atoms. The van der Waals surface area contributed by atoms with E-state index in [1.54, 1.807) is 6.26 Å². The second kappa shape index (κ2) is 7.94. The van der Waals surface area contributed by atoms with Crippen molar-refractivity contribution in [3.63, 3.8) is 0 Å². The highest BCUT2D eigenvalue weighted by molar-refractivity contribution is 5.79. The number of nitrogens with zero attached hydrogens (tertiary/aromatic N) is 2. The van der Waals surface area contributed by atoms with Crippen LogP contribution in [0.2, 0.25) is 0 Å². The molecule has 0 aliphatic heterocycles. The largest absolute Gasteiger partial charge is 0.467 e. The lowest BCUT2D eigenvalue weighted by Gasteiger charge is -2.20. The van der Waals surface area contributed by atoms with Crippen LogP contribution < -0.4 is 10.6 Å². The first-order valence-electron chi connectivity index (χ1n) is 7.62. The molecule has 1 saturated carbocycles. The van der Waals surface area contributed by atoms with E-state index >= 15 is 0 Å². The second-order valence-electron chi connectivity index (χ2n) is 5.06. The van der Waals surface area contributed by atoms with E-state index in [9.17, 15) is 0 Å².